The highest BCUT2D eigenvalue weighted by atomic mass is 35.5. The number of rotatable bonds is 5. The van der Waals surface area contributed by atoms with Gasteiger partial charge in [0, 0.05) is 25.4 Å². The zero-order chi connectivity index (χ0) is 12.1. The quantitative estimate of drug-likeness (QED) is 0.609. The number of hydrogen-bond acceptors (Lipinski definition) is 5. The number of halogens is 1. The molecule has 1 unspecified atom stereocenters. The van der Waals surface area contributed by atoms with Crippen LogP contribution in [-0.2, 0) is 0 Å². The Kier molecular flexibility index (Phi) is 4.45. The normalized spacial score (nSPS) is 12.2. The third-order valence-corrected chi connectivity index (χ3v) is 2.17. The first kappa shape index (κ1) is 12.7. The standard InChI is InChI=1S/C9H12ClN3O3/c1-6(5-14)3-11-9-8(13(15)16)2-7(10)4-12-9/h2,4,6,14H,3,5H2,1H3,(H,11,12). The molecule has 7 heteroatoms. The number of anilines is 1. The molecule has 0 aromatic carbocycles. The van der Waals surface area contributed by atoms with Crippen LogP contribution >= 0.6 is 11.6 Å². The Labute approximate surface area is 97.4 Å². The molecule has 0 aliphatic heterocycles. The van der Waals surface area contributed by atoms with Gasteiger partial charge in [0.1, 0.15) is 0 Å². The molecule has 0 aliphatic carbocycles. The number of aromatic nitrogens is 1. The van der Waals surface area contributed by atoms with Gasteiger partial charge in [0.15, 0.2) is 0 Å². The van der Waals surface area contributed by atoms with Crippen molar-refractivity contribution in [1.82, 2.24) is 4.98 Å². The third kappa shape index (κ3) is 3.32. The molecule has 16 heavy (non-hydrogen) atoms. The van der Waals surface area contributed by atoms with E-state index in [-0.39, 0.29) is 29.1 Å². The summed E-state index contributed by atoms with van der Waals surface area (Å²) in [4.78, 5) is 14.0. The number of aliphatic hydroxyl groups is 1. The van der Waals surface area contributed by atoms with Gasteiger partial charge in [0.2, 0.25) is 5.82 Å². The summed E-state index contributed by atoms with van der Waals surface area (Å²) in [7, 11) is 0. The minimum atomic E-state index is -0.551. The number of nitro groups is 1. The van der Waals surface area contributed by atoms with E-state index in [1.165, 1.54) is 12.3 Å². The largest absolute Gasteiger partial charge is 0.396 e. The molecule has 0 saturated carbocycles. The monoisotopic (exact) mass is 245 g/mol. The molecular formula is C9H12ClN3O3. The van der Waals surface area contributed by atoms with Crippen LogP contribution in [-0.4, -0.2) is 28.2 Å². The predicted molar refractivity (Wildman–Crippen MR) is 60.6 cm³/mol. The second-order valence-corrected chi connectivity index (χ2v) is 3.88. The minimum Gasteiger partial charge on any atom is -0.396 e. The van der Waals surface area contributed by atoms with E-state index in [0.717, 1.165) is 0 Å². The maximum atomic E-state index is 10.7. The molecular weight excluding hydrogens is 234 g/mol. The molecule has 6 nitrogen and oxygen atoms in total. The molecule has 1 heterocycles. The van der Waals surface area contributed by atoms with Crippen molar-refractivity contribution in [1.29, 1.82) is 0 Å². The second kappa shape index (κ2) is 5.62. The molecule has 1 atom stereocenters. The van der Waals surface area contributed by atoms with E-state index in [2.05, 4.69) is 10.3 Å². The van der Waals surface area contributed by atoms with E-state index in [9.17, 15) is 10.1 Å². The van der Waals surface area contributed by atoms with E-state index in [4.69, 9.17) is 16.7 Å². The molecule has 1 aromatic heterocycles. The molecule has 1 aromatic rings. The Balaban J connectivity index is 2.82. The van der Waals surface area contributed by atoms with Gasteiger partial charge in [0.25, 0.3) is 0 Å². The molecule has 0 saturated heterocycles. The van der Waals surface area contributed by atoms with E-state index >= 15 is 0 Å². The lowest BCUT2D eigenvalue weighted by molar-refractivity contribution is -0.384. The second-order valence-electron chi connectivity index (χ2n) is 3.45. The molecule has 0 aliphatic rings. The van der Waals surface area contributed by atoms with Crippen molar-refractivity contribution in [2.75, 3.05) is 18.5 Å². The molecule has 1 rings (SSSR count). The number of aliphatic hydroxyl groups excluding tert-OH is 1. The fourth-order valence-corrected chi connectivity index (χ4v) is 1.19. The van der Waals surface area contributed by atoms with Crippen LogP contribution in [0.4, 0.5) is 11.5 Å². The fraction of sp³-hybridized carbons (Fsp3) is 0.444. The Morgan fingerprint density at radius 3 is 3.00 bits per heavy atom. The highest BCUT2D eigenvalue weighted by molar-refractivity contribution is 6.30. The summed E-state index contributed by atoms with van der Waals surface area (Å²) in [6, 6.07) is 1.24. The number of nitrogens with zero attached hydrogens (tertiary/aromatic N) is 2. The predicted octanol–water partition coefficient (Wildman–Crippen LogP) is 1.68. The first-order valence-electron chi connectivity index (χ1n) is 4.69. The zero-order valence-electron chi connectivity index (χ0n) is 8.68. The lowest BCUT2D eigenvalue weighted by atomic mass is 10.2. The highest BCUT2D eigenvalue weighted by Gasteiger charge is 2.16. The van der Waals surface area contributed by atoms with Crippen molar-refractivity contribution in [2.24, 2.45) is 5.92 Å². The van der Waals surface area contributed by atoms with Crippen LogP contribution < -0.4 is 5.32 Å². The van der Waals surface area contributed by atoms with Crippen LogP contribution in [0.2, 0.25) is 5.02 Å². The van der Waals surface area contributed by atoms with Gasteiger partial charge in [-0.2, -0.15) is 0 Å². The highest BCUT2D eigenvalue weighted by Crippen LogP contribution is 2.24. The van der Waals surface area contributed by atoms with Gasteiger partial charge in [-0.3, -0.25) is 10.1 Å². The third-order valence-electron chi connectivity index (χ3n) is 1.96. The van der Waals surface area contributed by atoms with Gasteiger partial charge < -0.3 is 10.4 Å². The fourth-order valence-electron chi connectivity index (χ4n) is 1.04. The van der Waals surface area contributed by atoms with Gasteiger partial charge in [-0.05, 0) is 5.92 Å². The van der Waals surface area contributed by atoms with Crippen molar-refractivity contribution >= 4 is 23.1 Å². The summed E-state index contributed by atoms with van der Waals surface area (Å²) in [5.41, 5.74) is -0.169. The Morgan fingerprint density at radius 2 is 2.44 bits per heavy atom. The molecule has 0 amide bonds. The lowest BCUT2D eigenvalue weighted by Crippen LogP contribution is -2.16. The maximum Gasteiger partial charge on any atom is 0.312 e. The number of pyridine rings is 1. The lowest BCUT2D eigenvalue weighted by Gasteiger charge is -2.10. The van der Waals surface area contributed by atoms with E-state index in [0.29, 0.717) is 6.54 Å². The number of hydrogen-bond donors (Lipinski definition) is 2. The van der Waals surface area contributed by atoms with Crippen molar-refractivity contribution in [3.8, 4) is 0 Å². The van der Waals surface area contributed by atoms with Crippen LogP contribution in [0.3, 0.4) is 0 Å². The van der Waals surface area contributed by atoms with Crippen LogP contribution in [0.5, 0.6) is 0 Å². The summed E-state index contributed by atoms with van der Waals surface area (Å²) in [5, 5.41) is 22.5. The van der Waals surface area contributed by atoms with Gasteiger partial charge in [-0.15, -0.1) is 0 Å². The van der Waals surface area contributed by atoms with Gasteiger partial charge in [0.05, 0.1) is 9.95 Å². The van der Waals surface area contributed by atoms with Gasteiger partial charge in [-0.1, -0.05) is 18.5 Å². The number of nitrogens with one attached hydrogen (secondary N) is 1. The summed E-state index contributed by atoms with van der Waals surface area (Å²) < 4.78 is 0. The van der Waals surface area contributed by atoms with E-state index in [1.807, 2.05) is 6.92 Å². The van der Waals surface area contributed by atoms with Crippen molar-refractivity contribution < 1.29 is 10.0 Å². The molecule has 88 valence electrons. The molecule has 2 N–H and O–H groups in total. The van der Waals surface area contributed by atoms with Gasteiger partial charge >= 0.3 is 5.69 Å². The summed E-state index contributed by atoms with van der Waals surface area (Å²) >= 11 is 5.62. The van der Waals surface area contributed by atoms with Crippen molar-refractivity contribution in [2.45, 2.75) is 6.92 Å². The topological polar surface area (TPSA) is 88.3 Å². The summed E-state index contributed by atoms with van der Waals surface area (Å²) in [6.07, 6.45) is 1.33. The SMILES string of the molecule is CC(CO)CNc1ncc(Cl)cc1[N+](=O)[O-]. The molecule has 0 radical (unpaired) electrons. The first-order valence-corrected chi connectivity index (χ1v) is 5.07. The summed E-state index contributed by atoms with van der Waals surface area (Å²) in [6.45, 7) is 2.23. The maximum absolute atomic E-state index is 10.7. The summed E-state index contributed by atoms with van der Waals surface area (Å²) in [5.74, 6) is 0.159. The Bertz CT molecular complexity index is 386. The Hall–Kier alpha value is -1.40. The smallest absolute Gasteiger partial charge is 0.312 e. The Morgan fingerprint density at radius 1 is 1.75 bits per heavy atom. The van der Waals surface area contributed by atoms with Crippen LogP contribution in [0.25, 0.3) is 0 Å². The average Bonchev–Trinajstić information content (AvgIpc) is 2.26. The average molecular weight is 246 g/mol. The zero-order valence-corrected chi connectivity index (χ0v) is 9.44. The molecule has 0 fully saturated rings. The van der Waals surface area contributed by atoms with Crippen LogP contribution in [0, 0.1) is 16.0 Å². The first-order chi connectivity index (χ1) is 7.54. The molecule has 0 spiro atoms. The van der Waals surface area contributed by atoms with Crippen molar-refractivity contribution in [3.05, 3.63) is 27.4 Å². The van der Waals surface area contributed by atoms with Crippen molar-refractivity contribution in [3.63, 3.8) is 0 Å². The molecule has 0 bridgehead atoms. The minimum absolute atomic E-state index is 0.00270. The van der Waals surface area contributed by atoms with Gasteiger partial charge in [-0.25, -0.2) is 4.98 Å². The van der Waals surface area contributed by atoms with Crippen LogP contribution in [0.15, 0.2) is 12.3 Å². The van der Waals surface area contributed by atoms with E-state index in [1.54, 1.807) is 0 Å². The van der Waals surface area contributed by atoms with E-state index < -0.39 is 4.92 Å². The van der Waals surface area contributed by atoms with Crippen LogP contribution in [0.1, 0.15) is 6.92 Å².